The van der Waals surface area contributed by atoms with Gasteiger partial charge in [-0.2, -0.15) is 0 Å². The van der Waals surface area contributed by atoms with Gasteiger partial charge in [-0.3, -0.25) is 9.59 Å². The second kappa shape index (κ2) is 55.4. The van der Waals surface area contributed by atoms with Gasteiger partial charge in [0, 0.05) is 19.4 Å². The summed E-state index contributed by atoms with van der Waals surface area (Å²) in [4.78, 5) is 25.5. The molecular weight excluding hydrogens is 789 g/mol. The molecule has 0 radical (unpaired) electrons. The molecule has 5 nitrogen and oxygen atoms in total. The van der Waals surface area contributed by atoms with Crippen LogP contribution in [-0.4, -0.2) is 37.9 Å². The van der Waals surface area contributed by atoms with Crippen LogP contribution in [0.4, 0.5) is 0 Å². The maximum atomic E-state index is 12.8. The molecule has 0 aliphatic heterocycles. The lowest BCUT2D eigenvalue weighted by molar-refractivity contribution is -0.163. The quantitative estimate of drug-likeness (QED) is 0.0346. The Kier molecular flexibility index (Phi) is 53.8. The summed E-state index contributed by atoms with van der Waals surface area (Å²) < 4.78 is 17.4. The molecule has 1 atom stereocenters. The number of carbonyl (C=O) groups is 2. The van der Waals surface area contributed by atoms with E-state index >= 15 is 0 Å². The topological polar surface area (TPSA) is 61.8 Å². The zero-order valence-corrected chi connectivity index (χ0v) is 43.3. The zero-order valence-electron chi connectivity index (χ0n) is 43.3. The summed E-state index contributed by atoms with van der Waals surface area (Å²) in [5.74, 6) is -0.393. The fourth-order valence-corrected chi connectivity index (χ4v) is 8.31. The van der Waals surface area contributed by atoms with Crippen LogP contribution < -0.4 is 0 Å². The molecule has 0 amide bonds. The minimum atomic E-state index is -0.539. The number of allylic oxidation sites excluding steroid dienone is 6. The van der Waals surface area contributed by atoms with Crippen molar-refractivity contribution in [1.82, 2.24) is 0 Å². The Morgan fingerprint density at radius 3 is 1.00 bits per heavy atom. The van der Waals surface area contributed by atoms with Crippen LogP contribution in [0.2, 0.25) is 0 Å². The van der Waals surface area contributed by atoms with Crippen molar-refractivity contribution in [3.8, 4) is 0 Å². The molecule has 0 spiro atoms. The molecule has 0 aliphatic rings. The SMILES string of the molecule is CCCC/C=C\CCCCCCCCOCC(COC(=O)CCCCCCCCCCC/C=C\CCCCCCCC)OC(=O)CCCCCCCCC/C=C\CCCCCCCC. The van der Waals surface area contributed by atoms with Crippen molar-refractivity contribution in [3.05, 3.63) is 36.5 Å². The largest absolute Gasteiger partial charge is 0.462 e. The third-order valence-electron chi connectivity index (χ3n) is 12.6. The standard InChI is InChI=1S/C59H110O5/c1-4-7-10-13-16-19-22-25-27-29-30-32-33-35-37-40-43-46-49-52-58(60)63-56-57(55-62-54-51-48-45-42-39-24-21-18-15-12-9-6-3)64-59(61)53-50-47-44-41-38-36-34-31-28-26-23-20-17-14-11-8-5-2/h15,18,25-28,57H,4-14,16-17,19-24,29-56H2,1-3H3/b18-15-,27-25-,28-26-. The first-order valence-electron chi connectivity index (χ1n) is 28.5. The van der Waals surface area contributed by atoms with E-state index in [4.69, 9.17) is 14.2 Å². The maximum absolute atomic E-state index is 12.8. The molecule has 0 heterocycles. The second-order valence-electron chi connectivity index (χ2n) is 19.2. The normalized spacial score (nSPS) is 12.4. The van der Waals surface area contributed by atoms with Gasteiger partial charge in [-0.15, -0.1) is 0 Å². The Balaban J connectivity index is 4.21. The Morgan fingerprint density at radius 1 is 0.328 bits per heavy atom. The van der Waals surface area contributed by atoms with Crippen molar-refractivity contribution in [2.45, 2.75) is 309 Å². The van der Waals surface area contributed by atoms with E-state index in [0.29, 0.717) is 19.4 Å². The van der Waals surface area contributed by atoms with E-state index in [1.165, 1.54) is 231 Å². The Labute approximate surface area is 400 Å². The van der Waals surface area contributed by atoms with Gasteiger partial charge in [-0.05, 0) is 89.9 Å². The average molecular weight is 900 g/mol. The highest BCUT2D eigenvalue weighted by Crippen LogP contribution is 2.15. The van der Waals surface area contributed by atoms with Crippen molar-refractivity contribution >= 4 is 11.9 Å². The summed E-state index contributed by atoms with van der Waals surface area (Å²) >= 11 is 0. The number of esters is 2. The molecule has 0 aromatic heterocycles. The lowest BCUT2D eigenvalue weighted by Gasteiger charge is -2.18. The van der Waals surface area contributed by atoms with Crippen molar-refractivity contribution in [2.24, 2.45) is 0 Å². The molecule has 0 aromatic rings. The highest BCUT2D eigenvalue weighted by atomic mass is 16.6. The van der Waals surface area contributed by atoms with E-state index in [1.54, 1.807) is 0 Å². The number of carbonyl (C=O) groups excluding carboxylic acids is 2. The van der Waals surface area contributed by atoms with Crippen molar-refractivity contribution in [1.29, 1.82) is 0 Å². The fourth-order valence-electron chi connectivity index (χ4n) is 8.31. The van der Waals surface area contributed by atoms with Gasteiger partial charge in [0.25, 0.3) is 0 Å². The number of rotatable bonds is 53. The number of hydrogen-bond acceptors (Lipinski definition) is 5. The molecule has 1 unspecified atom stereocenters. The van der Waals surface area contributed by atoms with E-state index < -0.39 is 6.10 Å². The van der Waals surface area contributed by atoms with E-state index in [-0.39, 0.29) is 25.2 Å². The predicted octanol–water partition coefficient (Wildman–Crippen LogP) is 19.4. The zero-order chi connectivity index (χ0) is 46.3. The van der Waals surface area contributed by atoms with Gasteiger partial charge in [0.05, 0.1) is 6.61 Å². The lowest BCUT2D eigenvalue weighted by Crippen LogP contribution is -2.30. The molecule has 64 heavy (non-hydrogen) atoms. The average Bonchev–Trinajstić information content (AvgIpc) is 3.30. The van der Waals surface area contributed by atoms with Crippen LogP contribution in [0.15, 0.2) is 36.5 Å². The lowest BCUT2D eigenvalue weighted by atomic mass is 10.1. The summed E-state index contributed by atoms with van der Waals surface area (Å²) in [6, 6.07) is 0. The first-order chi connectivity index (χ1) is 31.6. The van der Waals surface area contributed by atoms with Gasteiger partial charge in [0.1, 0.15) is 6.61 Å². The van der Waals surface area contributed by atoms with Gasteiger partial charge in [0.15, 0.2) is 6.10 Å². The highest BCUT2D eigenvalue weighted by Gasteiger charge is 2.17. The first-order valence-corrected chi connectivity index (χ1v) is 28.5. The van der Waals surface area contributed by atoms with Crippen molar-refractivity contribution in [2.75, 3.05) is 19.8 Å². The van der Waals surface area contributed by atoms with Crippen LogP contribution in [0.1, 0.15) is 303 Å². The molecule has 0 aromatic carbocycles. The summed E-state index contributed by atoms with van der Waals surface area (Å²) in [6.45, 7) is 7.82. The van der Waals surface area contributed by atoms with Gasteiger partial charge >= 0.3 is 11.9 Å². The van der Waals surface area contributed by atoms with Crippen molar-refractivity contribution in [3.63, 3.8) is 0 Å². The van der Waals surface area contributed by atoms with Crippen LogP contribution in [0.25, 0.3) is 0 Å². The third kappa shape index (κ3) is 52.7. The third-order valence-corrected chi connectivity index (χ3v) is 12.6. The molecule has 0 saturated carbocycles. The van der Waals surface area contributed by atoms with Crippen LogP contribution in [0, 0.1) is 0 Å². The number of hydrogen-bond donors (Lipinski definition) is 0. The predicted molar refractivity (Wildman–Crippen MR) is 279 cm³/mol. The van der Waals surface area contributed by atoms with Crippen LogP contribution >= 0.6 is 0 Å². The molecule has 0 bridgehead atoms. The van der Waals surface area contributed by atoms with Crippen LogP contribution in [-0.2, 0) is 23.8 Å². The van der Waals surface area contributed by atoms with Crippen molar-refractivity contribution < 1.29 is 23.8 Å². The fraction of sp³-hybridized carbons (Fsp3) is 0.864. The summed E-state index contributed by atoms with van der Waals surface area (Å²) in [7, 11) is 0. The van der Waals surface area contributed by atoms with E-state index in [9.17, 15) is 9.59 Å². The van der Waals surface area contributed by atoms with Gasteiger partial charge in [0.2, 0.25) is 0 Å². The minimum Gasteiger partial charge on any atom is -0.462 e. The molecule has 0 saturated heterocycles. The minimum absolute atomic E-state index is 0.0839. The Hall–Kier alpha value is -1.88. The summed E-state index contributed by atoms with van der Waals surface area (Å²) in [6.07, 6.45) is 67.3. The molecule has 376 valence electrons. The molecule has 5 heteroatoms. The van der Waals surface area contributed by atoms with Crippen LogP contribution in [0.3, 0.4) is 0 Å². The van der Waals surface area contributed by atoms with E-state index in [2.05, 4.69) is 57.2 Å². The van der Waals surface area contributed by atoms with Gasteiger partial charge < -0.3 is 14.2 Å². The first kappa shape index (κ1) is 62.1. The number of unbranched alkanes of at least 4 members (excludes halogenated alkanes) is 36. The molecule has 0 aliphatic carbocycles. The molecular formula is C59H110O5. The maximum Gasteiger partial charge on any atom is 0.306 e. The smallest absolute Gasteiger partial charge is 0.306 e. The Morgan fingerprint density at radius 2 is 0.625 bits per heavy atom. The molecule has 0 rings (SSSR count). The van der Waals surface area contributed by atoms with E-state index in [1.807, 2.05) is 0 Å². The van der Waals surface area contributed by atoms with E-state index in [0.717, 1.165) is 38.5 Å². The highest BCUT2D eigenvalue weighted by molar-refractivity contribution is 5.70. The van der Waals surface area contributed by atoms with Gasteiger partial charge in [-0.25, -0.2) is 0 Å². The number of ether oxygens (including phenoxy) is 3. The van der Waals surface area contributed by atoms with Crippen LogP contribution in [0.5, 0.6) is 0 Å². The summed E-state index contributed by atoms with van der Waals surface area (Å²) in [5.41, 5.74) is 0. The second-order valence-corrected chi connectivity index (χ2v) is 19.2. The molecule has 0 N–H and O–H groups in total. The molecule has 0 fully saturated rings. The Bertz CT molecular complexity index is 1020. The summed E-state index contributed by atoms with van der Waals surface area (Å²) in [5, 5.41) is 0. The monoisotopic (exact) mass is 899 g/mol. The van der Waals surface area contributed by atoms with Gasteiger partial charge in [-0.1, -0.05) is 237 Å².